The quantitative estimate of drug-likeness (QED) is 0.549. The number of hydrogen-bond acceptors (Lipinski definition) is 2. The lowest BCUT2D eigenvalue weighted by molar-refractivity contribution is 0.0107. The fourth-order valence-electron chi connectivity index (χ4n) is 2.04. The Kier molecular flexibility index (Phi) is 4.82. The van der Waals surface area contributed by atoms with Gasteiger partial charge in [0.05, 0.1) is 6.67 Å². The summed E-state index contributed by atoms with van der Waals surface area (Å²) in [5.74, 6) is -6.38. The topological polar surface area (TPSA) is 24.1 Å². The Balaban J connectivity index is 2.17. The van der Waals surface area contributed by atoms with Gasteiger partial charge >= 0.3 is 0 Å². The van der Waals surface area contributed by atoms with E-state index in [-0.39, 0.29) is 12.4 Å². The van der Waals surface area contributed by atoms with Crippen molar-refractivity contribution in [2.45, 2.75) is 25.7 Å². The molecule has 0 atom stereocenters. The predicted molar refractivity (Wildman–Crippen MR) is 84.1 cm³/mol. The van der Waals surface area contributed by atoms with Gasteiger partial charge in [-0.2, -0.15) is 0 Å². The number of halogens is 4. The van der Waals surface area contributed by atoms with Crippen LogP contribution in [0.2, 0.25) is 0 Å². The number of anilines is 2. The fraction of sp³-hybridized carbons (Fsp3) is 0.294. The fourth-order valence-corrected chi connectivity index (χ4v) is 2.04. The van der Waals surface area contributed by atoms with Gasteiger partial charge in [0.1, 0.15) is 0 Å². The van der Waals surface area contributed by atoms with Crippen LogP contribution in [0.15, 0.2) is 48.5 Å². The number of para-hydroxylation sites is 1. The second kappa shape index (κ2) is 6.48. The third kappa shape index (κ3) is 4.87. The normalized spacial score (nSPS) is 12.1. The van der Waals surface area contributed by atoms with Gasteiger partial charge in [-0.05, 0) is 30.3 Å². The molecule has 0 aliphatic carbocycles. The molecule has 0 spiro atoms. The van der Waals surface area contributed by atoms with Crippen LogP contribution in [0.5, 0.6) is 0 Å². The smallest absolute Gasteiger partial charge is 0.270 e. The van der Waals surface area contributed by atoms with Crippen molar-refractivity contribution in [2.75, 3.05) is 17.3 Å². The second-order valence-electron chi connectivity index (χ2n) is 5.47. The lowest BCUT2D eigenvalue weighted by atomic mass is 10.0. The van der Waals surface area contributed by atoms with Crippen molar-refractivity contribution in [1.82, 2.24) is 0 Å². The van der Waals surface area contributed by atoms with Crippen molar-refractivity contribution in [2.24, 2.45) is 0 Å². The van der Waals surface area contributed by atoms with E-state index in [0.29, 0.717) is 13.8 Å². The predicted octanol–water partition coefficient (Wildman–Crippen LogP) is 5.39. The second-order valence-corrected chi connectivity index (χ2v) is 5.47. The highest BCUT2D eigenvalue weighted by Gasteiger charge is 2.30. The molecular weight excluding hydrogens is 308 g/mol. The van der Waals surface area contributed by atoms with Crippen molar-refractivity contribution in [3.63, 3.8) is 0 Å². The highest BCUT2D eigenvalue weighted by Crippen LogP contribution is 2.35. The molecule has 0 bridgehead atoms. The molecule has 0 heterocycles. The van der Waals surface area contributed by atoms with E-state index < -0.39 is 23.0 Å². The zero-order valence-corrected chi connectivity index (χ0v) is 12.8. The third-order valence-electron chi connectivity index (χ3n) is 3.31. The summed E-state index contributed by atoms with van der Waals surface area (Å²) in [7, 11) is 0. The standard InChI is InChI=1S/C17H18F4N2/c1-16(18,19)12-8-13(17(2,20)21)10-15(9-12)23-11-22-14-6-4-3-5-7-14/h3-10,22-23H,11H2,1-2H3. The molecule has 0 fully saturated rings. The van der Waals surface area contributed by atoms with Gasteiger partial charge in [-0.3, -0.25) is 0 Å². The van der Waals surface area contributed by atoms with Gasteiger partial charge in [-0.15, -0.1) is 0 Å². The summed E-state index contributed by atoms with van der Waals surface area (Å²) in [6.07, 6.45) is 0. The summed E-state index contributed by atoms with van der Waals surface area (Å²) >= 11 is 0. The summed E-state index contributed by atoms with van der Waals surface area (Å²) in [6.45, 7) is 1.59. The summed E-state index contributed by atoms with van der Waals surface area (Å²) in [5, 5.41) is 5.86. The first-order chi connectivity index (χ1) is 10.7. The molecule has 2 N–H and O–H groups in total. The van der Waals surface area contributed by atoms with E-state index in [4.69, 9.17) is 0 Å². The molecule has 23 heavy (non-hydrogen) atoms. The molecule has 2 nitrogen and oxygen atoms in total. The third-order valence-corrected chi connectivity index (χ3v) is 3.31. The van der Waals surface area contributed by atoms with Crippen LogP contribution in [-0.4, -0.2) is 6.67 Å². The van der Waals surface area contributed by atoms with E-state index in [2.05, 4.69) is 10.6 Å². The van der Waals surface area contributed by atoms with Gasteiger partial charge in [0.25, 0.3) is 11.8 Å². The van der Waals surface area contributed by atoms with E-state index in [0.717, 1.165) is 11.8 Å². The van der Waals surface area contributed by atoms with Crippen molar-refractivity contribution in [3.05, 3.63) is 59.7 Å². The highest BCUT2D eigenvalue weighted by atomic mass is 19.3. The summed E-state index contributed by atoms with van der Waals surface area (Å²) in [4.78, 5) is 0. The zero-order chi connectivity index (χ0) is 17.1. The van der Waals surface area contributed by atoms with Crippen LogP contribution in [0.3, 0.4) is 0 Å². The van der Waals surface area contributed by atoms with Crippen LogP contribution in [0.4, 0.5) is 28.9 Å². The van der Waals surface area contributed by atoms with E-state index >= 15 is 0 Å². The van der Waals surface area contributed by atoms with Gasteiger partial charge in [0.15, 0.2) is 0 Å². The first-order valence-electron chi connectivity index (χ1n) is 7.11. The molecule has 0 amide bonds. The molecule has 2 aromatic rings. The highest BCUT2D eigenvalue weighted by molar-refractivity contribution is 5.52. The first-order valence-corrected chi connectivity index (χ1v) is 7.11. The van der Waals surface area contributed by atoms with E-state index in [1.54, 1.807) is 0 Å². The SMILES string of the molecule is CC(F)(F)c1cc(NCNc2ccccc2)cc(C(C)(F)F)c1. The van der Waals surface area contributed by atoms with Gasteiger partial charge in [-0.1, -0.05) is 18.2 Å². The molecule has 0 aliphatic rings. The molecule has 0 unspecified atom stereocenters. The van der Waals surface area contributed by atoms with Crippen LogP contribution in [0.25, 0.3) is 0 Å². The van der Waals surface area contributed by atoms with Crippen LogP contribution >= 0.6 is 0 Å². The maximum absolute atomic E-state index is 13.5. The molecule has 2 aromatic carbocycles. The largest absolute Gasteiger partial charge is 0.368 e. The summed E-state index contributed by atoms with van der Waals surface area (Å²) in [5.41, 5.74) is 0.152. The molecule has 0 saturated heterocycles. The van der Waals surface area contributed by atoms with E-state index in [1.165, 1.54) is 12.1 Å². The van der Waals surface area contributed by atoms with Crippen LogP contribution < -0.4 is 10.6 Å². The van der Waals surface area contributed by atoms with E-state index in [1.807, 2.05) is 30.3 Å². The van der Waals surface area contributed by atoms with Gasteiger partial charge < -0.3 is 10.6 Å². The minimum absolute atomic E-state index is 0.212. The minimum atomic E-state index is -3.19. The maximum Gasteiger partial charge on any atom is 0.270 e. The average molecular weight is 326 g/mol. The Morgan fingerprint density at radius 2 is 1.22 bits per heavy atom. The van der Waals surface area contributed by atoms with Crippen LogP contribution in [-0.2, 0) is 11.8 Å². The van der Waals surface area contributed by atoms with Crippen molar-refractivity contribution < 1.29 is 17.6 Å². The summed E-state index contributed by atoms with van der Waals surface area (Å²) < 4.78 is 54.0. The Morgan fingerprint density at radius 3 is 1.70 bits per heavy atom. The number of hydrogen-bond donors (Lipinski definition) is 2. The molecule has 0 radical (unpaired) electrons. The van der Waals surface area contributed by atoms with Crippen molar-refractivity contribution in [1.29, 1.82) is 0 Å². The van der Waals surface area contributed by atoms with Crippen LogP contribution in [0, 0.1) is 0 Å². The Labute approximate surface area is 132 Å². The molecule has 0 aliphatic heterocycles. The van der Waals surface area contributed by atoms with Crippen molar-refractivity contribution >= 4 is 11.4 Å². The Bertz CT molecular complexity index is 614. The lowest BCUT2D eigenvalue weighted by Crippen LogP contribution is -2.16. The van der Waals surface area contributed by atoms with E-state index in [9.17, 15) is 17.6 Å². The molecule has 2 rings (SSSR count). The van der Waals surface area contributed by atoms with Gasteiger partial charge in [0.2, 0.25) is 0 Å². The maximum atomic E-state index is 13.5. The molecule has 0 saturated carbocycles. The molecule has 6 heteroatoms. The average Bonchev–Trinajstić information content (AvgIpc) is 2.46. The minimum Gasteiger partial charge on any atom is -0.368 e. The molecular formula is C17H18F4N2. The zero-order valence-electron chi connectivity index (χ0n) is 12.8. The lowest BCUT2D eigenvalue weighted by Gasteiger charge is -2.19. The number of benzene rings is 2. The van der Waals surface area contributed by atoms with Crippen LogP contribution in [0.1, 0.15) is 25.0 Å². The number of alkyl halides is 4. The Morgan fingerprint density at radius 1 is 0.739 bits per heavy atom. The number of nitrogens with one attached hydrogen (secondary N) is 2. The number of rotatable bonds is 6. The van der Waals surface area contributed by atoms with Gasteiger partial charge in [0, 0.05) is 36.3 Å². The molecule has 124 valence electrons. The molecule has 0 aromatic heterocycles. The first kappa shape index (κ1) is 17.1. The summed E-state index contributed by atoms with van der Waals surface area (Å²) in [6, 6.07) is 12.4. The monoisotopic (exact) mass is 326 g/mol. The van der Waals surface area contributed by atoms with Crippen molar-refractivity contribution in [3.8, 4) is 0 Å². The van der Waals surface area contributed by atoms with Gasteiger partial charge in [-0.25, -0.2) is 17.6 Å². The Hall–Kier alpha value is -2.24.